The molecule has 0 aliphatic heterocycles. The Morgan fingerprint density at radius 2 is 1.86 bits per heavy atom. The predicted molar refractivity (Wildman–Crippen MR) is 81.5 cm³/mol. The van der Waals surface area contributed by atoms with E-state index >= 15 is 0 Å². The summed E-state index contributed by atoms with van der Waals surface area (Å²) in [5.41, 5.74) is 6.53. The summed E-state index contributed by atoms with van der Waals surface area (Å²) in [6.45, 7) is 1.05. The molecular formula is C16H24N2O3. The highest BCUT2D eigenvalue weighted by molar-refractivity contribution is 5.94. The van der Waals surface area contributed by atoms with E-state index in [-0.39, 0.29) is 11.9 Å². The Balaban J connectivity index is 1.82. The zero-order chi connectivity index (χ0) is 15.1. The summed E-state index contributed by atoms with van der Waals surface area (Å²) >= 11 is 0. The number of benzene rings is 1. The first-order chi connectivity index (χ1) is 10.2. The van der Waals surface area contributed by atoms with E-state index in [1.807, 2.05) is 0 Å². The van der Waals surface area contributed by atoms with Crippen LogP contribution in [0, 0.1) is 0 Å². The molecule has 2 rings (SSSR count). The highest BCUT2D eigenvalue weighted by atomic mass is 16.5. The third-order valence-corrected chi connectivity index (χ3v) is 3.78. The van der Waals surface area contributed by atoms with E-state index < -0.39 is 0 Å². The van der Waals surface area contributed by atoms with Crippen molar-refractivity contribution in [1.82, 2.24) is 5.32 Å². The second-order valence-electron chi connectivity index (χ2n) is 5.45. The topological polar surface area (TPSA) is 73.6 Å². The van der Waals surface area contributed by atoms with Crippen molar-refractivity contribution in [2.75, 3.05) is 20.3 Å². The molecule has 0 radical (unpaired) electrons. The SMILES string of the molecule is COCCOc1ccc(C(=O)NC2CCC(N)CC2)cc1. The Kier molecular flexibility index (Phi) is 6.02. The molecule has 0 saturated heterocycles. The summed E-state index contributed by atoms with van der Waals surface area (Å²) in [6, 6.07) is 7.72. The van der Waals surface area contributed by atoms with Gasteiger partial charge in [-0.3, -0.25) is 4.79 Å². The number of amides is 1. The molecule has 3 N–H and O–H groups in total. The van der Waals surface area contributed by atoms with E-state index in [4.69, 9.17) is 15.2 Å². The Bertz CT molecular complexity index is 439. The number of nitrogens with two attached hydrogens (primary N) is 1. The van der Waals surface area contributed by atoms with Crippen molar-refractivity contribution < 1.29 is 14.3 Å². The van der Waals surface area contributed by atoms with Crippen LogP contribution in [0.1, 0.15) is 36.0 Å². The van der Waals surface area contributed by atoms with Gasteiger partial charge >= 0.3 is 0 Å². The average molecular weight is 292 g/mol. The summed E-state index contributed by atoms with van der Waals surface area (Å²) in [6.07, 6.45) is 3.89. The van der Waals surface area contributed by atoms with Gasteiger partial charge in [-0.05, 0) is 49.9 Å². The second-order valence-corrected chi connectivity index (χ2v) is 5.45. The van der Waals surface area contributed by atoms with Gasteiger partial charge in [-0.2, -0.15) is 0 Å². The largest absolute Gasteiger partial charge is 0.491 e. The number of hydrogen-bond acceptors (Lipinski definition) is 4. The maximum absolute atomic E-state index is 12.2. The molecule has 0 atom stereocenters. The van der Waals surface area contributed by atoms with Crippen LogP contribution < -0.4 is 15.8 Å². The van der Waals surface area contributed by atoms with E-state index in [0.717, 1.165) is 31.4 Å². The van der Waals surface area contributed by atoms with Crippen molar-refractivity contribution in [3.8, 4) is 5.75 Å². The van der Waals surface area contributed by atoms with Crippen molar-refractivity contribution in [3.63, 3.8) is 0 Å². The molecule has 1 aliphatic carbocycles. The summed E-state index contributed by atoms with van der Waals surface area (Å²) in [7, 11) is 1.63. The third-order valence-electron chi connectivity index (χ3n) is 3.78. The minimum Gasteiger partial charge on any atom is -0.491 e. The Morgan fingerprint density at radius 1 is 1.19 bits per heavy atom. The van der Waals surface area contributed by atoms with Crippen LogP contribution in [0.5, 0.6) is 5.75 Å². The third kappa shape index (κ3) is 5.02. The first-order valence-corrected chi connectivity index (χ1v) is 7.47. The number of ether oxygens (including phenoxy) is 2. The quantitative estimate of drug-likeness (QED) is 0.783. The van der Waals surface area contributed by atoms with Gasteiger partial charge in [0.15, 0.2) is 0 Å². The maximum Gasteiger partial charge on any atom is 0.251 e. The van der Waals surface area contributed by atoms with Crippen LogP contribution in [0.15, 0.2) is 24.3 Å². The lowest BCUT2D eigenvalue weighted by molar-refractivity contribution is 0.0926. The van der Waals surface area contributed by atoms with Crippen LogP contribution in [-0.4, -0.2) is 38.3 Å². The molecule has 0 unspecified atom stereocenters. The van der Waals surface area contributed by atoms with Crippen LogP contribution in [0.2, 0.25) is 0 Å². The van der Waals surface area contributed by atoms with E-state index in [9.17, 15) is 4.79 Å². The molecule has 1 fully saturated rings. The van der Waals surface area contributed by atoms with Crippen molar-refractivity contribution in [2.24, 2.45) is 5.73 Å². The average Bonchev–Trinajstić information content (AvgIpc) is 2.50. The molecule has 0 spiro atoms. The molecule has 1 amide bonds. The van der Waals surface area contributed by atoms with Gasteiger partial charge in [0.2, 0.25) is 0 Å². The molecular weight excluding hydrogens is 268 g/mol. The van der Waals surface area contributed by atoms with Crippen LogP contribution in [0.25, 0.3) is 0 Å². The van der Waals surface area contributed by atoms with Gasteiger partial charge in [0.1, 0.15) is 12.4 Å². The fourth-order valence-electron chi connectivity index (χ4n) is 2.48. The number of carbonyl (C=O) groups is 1. The molecule has 21 heavy (non-hydrogen) atoms. The zero-order valence-corrected chi connectivity index (χ0v) is 12.5. The van der Waals surface area contributed by atoms with E-state index in [1.54, 1.807) is 31.4 Å². The number of nitrogens with one attached hydrogen (secondary N) is 1. The number of hydrogen-bond donors (Lipinski definition) is 2. The molecule has 5 nitrogen and oxygen atoms in total. The minimum absolute atomic E-state index is 0.0288. The van der Waals surface area contributed by atoms with Crippen LogP contribution in [0.3, 0.4) is 0 Å². The van der Waals surface area contributed by atoms with Crippen LogP contribution >= 0.6 is 0 Å². The lowest BCUT2D eigenvalue weighted by Crippen LogP contribution is -2.40. The molecule has 116 valence electrons. The number of rotatable bonds is 6. The van der Waals surface area contributed by atoms with Gasteiger partial charge in [-0.25, -0.2) is 0 Å². The van der Waals surface area contributed by atoms with Gasteiger partial charge < -0.3 is 20.5 Å². The molecule has 1 aromatic carbocycles. The molecule has 0 heterocycles. The molecule has 0 bridgehead atoms. The first-order valence-electron chi connectivity index (χ1n) is 7.47. The molecule has 1 aliphatic rings. The second kappa shape index (κ2) is 8.00. The first kappa shape index (κ1) is 15.8. The molecule has 1 aromatic rings. The maximum atomic E-state index is 12.2. The lowest BCUT2D eigenvalue weighted by atomic mass is 9.91. The van der Waals surface area contributed by atoms with Crippen molar-refractivity contribution in [2.45, 2.75) is 37.8 Å². The summed E-state index contributed by atoms with van der Waals surface area (Å²) in [4.78, 5) is 12.2. The van der Waals surface area contributed by atoms with Crippen LogP contribution in [-0.2, 0) is 4.74 Å². The Labute approximate surface area is 125 Å². The smallest absolute Gasteiger partial charge is 0.251 e. The van der Waals surface area contributed by atoms with E-state index in [2.05, 4.69) is 5.32 Å². The van der Waals surface area contributed by atoms with Crippen LogP contribution in [0.4, 0.5) is 0 Å². The van der Waals surface area contributed by atoms with Gasteiger partial charge in [0.25, 0.3) is 5.91 Å². The molecule has 0 aromatic heterocycles. The fourth-order valence-corrected chi connectivity index (χ4v) is 2.48. The Hall–Kier alpha value is -1.59. The van der Waals surface area contributed by atoms with Crippen molar-refractivity contribution in [1.29, 1.82) is 0 Å². The number of methoxy groups -OCH3 is 1. The summed E-state index contributed by atoms with van der Waals surface area (Å²) in [5.74, 6) is 0.714. The van der Waals surface area contributed by atoms with Gasteiger partial charge in [0, 0.05) is 24.8 Å². The van der Waals surface area contributed by atoms with Gasteiger partial charge in [-0.15, -0.1) is 0 Å². The number of carbonyl (C=O) groups excluding carboxylic acids is 1. The minimum atomic E-state index is -0.0288. The summed E-state index contributed by atoms with van der Waals surface area (Å²) in [5, 5.41) is 3.07. The highest BCUT2D eigenvalue weighted by Crippen LogP contribution is 2.18. The normalized spacial score (nSPS) is 21.8. The van der Waals surface area contributed by atoms with Crippen molar-refractivity contribution >= 4 is 5.91 Å². The standard InChI is InChI=1S/C16H24N2O3/c1-20-10-11-21-15-8-2-12(3-9-15)16(19)18-14-6-4-13(17)5-7-14/h2-3,8-9,13-14H,4-7,10-11,17H2,1H3,(H,18,19). The van der Waals surface area contributed by atoms with E-state index in [1.165, 1.54) is 0 Å². The van der Waals surface area contributed by atoms with Crippen molar-refractivity contribution in [3.05, 3.63) is 29.8 Å². The van der Waals surface area contributed by atoms with Gasteiger partial charge in [-0.1, -0.05) is 0 Å². The summed E-state index contributed by atoms with van der Waals surface area (Å²) < 4.78 is 10.4. The predicted octanol–water partition coefficient (Wildman–Crippen LogP) is 1.71. The Morgan fingerprint density at radius 3 is 2.48 bits per heavy atom. The molecule has 5 heteroatoms. The zero-order valence-electron chi connectivity index (χ0n) is 12.5. The van der Waals surface area contributed by atoms with Gasteiger partial charge in [0.05, 0.1) is 6.61 Å². The highest BCUT2D eigenvalue weighted by Gasteiger charge is 2.20. The van der Waals surface area contributed by atoms with E-state index in [0.29, 0.717) is 24.8 Å². The monoisotopic (exact) mass is 292 g/mol. The fraction of sp³-hybridized carbons (Fsp3) is 0.562. The molecule has 1 saturated carbocycles. The lowest BCUT2D eigenvalue weighted by Gasteiger charge is -2.26.